The van der Waals surface area contributed by atoms with Crippen LogP contribution in [-0.4, -0.2) is 18.3 Å². The van der Waals surface area contributed by atoms with Crippen LogP contribution in [0.4, 0.5) is 5.69 Å². The number of benzene rings is 2. The lowest BCUT2D eigenvalue weighted by molar-refractivity contribution is -0.122. The van der Waals surface area contributed by atoms with E-state index in [1.807, 2.05) is 61.7 Å². The Kier molecular flexibility index (Phi) is 5.28. The number of hydrogen-bond donors (Lipinski definition) is 1. The van der Waals surface area contributed by atoms with E-state index in [2.05, 4.69) is 5.32 Å². The summed E-state index contributed by atoms with van der Waals surface area (Å²) in [6, 6.07) is 15.4. The maximum Gasteiger partial charge on any atom is 0.265 e. The summed E-state index contributed by atoms with van der Waals surface area (Å²) >= 11 is 1.60. The Labute approximate surface area is 129 Å². The number of para-hydroxylation sites is 1. The standard InChI is InChI=1S/C17H19NO2S/c1-12-8-10-14(11-9-12)20-13(2)17(19)18-15-6-4-5-7-16(15)21-3/h4-11,13H,1-3H3,(H,18,19)/t13-/m0/s1. The second-order valence-electron chi connectivity index (χ2n) is 4.76. The van der Waals surface area contributed by atoms with Gasteiger partial charge in [-0.05, 0) is 44.4 Å². The Morgan fingerprint density at radius 3 is 2.48 bits per heavy atom. The number of carbonyl (C=O) groups excluding carboxylic acids is 1. The highest BCUT2D eigenvalue weighted by Gasteiger charge is 2.16. The van der Waals surface area contributed by atoms with Gasteiger partial charge in [0.05, 0.1) is 5.69 Å². The van der Waals surface area contributed by atoms with Gasteiger partial charge in [-0.25, -0.2) is 0 Å². The maximum atomic E-state index is 12.2. The van der Waals surface area contributed by atoms with E-state index in [9.17, 15) is 4.79 Å². The fourth-order valence-electron chi connectivity index (χ4n) is 1.86. The van der Waals surface area contributed by atoms with Crippen molar-refractivity contribution in [3.63, 3.8) is 0 Å². The first kappa shape index (κ1) is 15.4. The minimum absolute atomic E-state index is 0.155. The molecule has 3 nitrogen and oxygen atoms in total. The molecular weight excluding hydrogens is 282 g/mol. The minimum Gasteiger partial charge on any atom is -0.481 e. The molecule has 21 heavy (non-hydrogen) atoms. The molecule has 2 aromatic rings. The Morgan fingerprint density at radius 2 is 1.81 bits per heavy atom. The summed E-state index contributed by atoms with van der Waals surface area (Å²) in [5, 5.41) is 2.91. The van der Waals surface area contributed by atoms with Crippen molar-refractivity contribution in [2.45, 2.75) is 24.8 Å². The Balaban J connectivity index is 2.01. The predicted octanol–water partition coefficient (Wildman–Crippen LogP) is 4.12. The number of anilines is 1. The third-order valence-electron chi connectivity index (χ3n) is 3.07. The molecule has 0 spiro atoms. The predicted molar refractivity (Wildman–Crippen MR) is 88.1 cm³/mol. The molecule has 0 heterocycles. The number of carbonyl (C=O) groups is 1. The van der Waals surface area contributed by atoms with Crippen LogP contribution in [0.25, 0.3) is 0 Å². The first-order chi connectivity index (χ1) is 10.1. The van der Waals surface area contributed by atoms with Crippen LogP contribution in [0.3, 0.4) is 0 Å². The summed E-state index contributed by atoms with van der Waals surface area (Å²) in [5.74, 6) is 0.540. The highest BCUT2D eigenvalue weighted by molar-refractivity contribution is 7.98. The number of hydrogen-bond acceptors (Lipinski definition) is 3. The van der Waals surface area contributed by atoms with Gasteiger partial charge < -0.3 is 10.1 Å². The molecule has 110 valence electrons. The molecule has 0 aliphatic heterocycles. The van der Waals surface area contributed by atoms with E-state index in [0.29, 0.717) is 5.75 Å². The van der Waals surface area contributed by atoms with Crippen LogP contribution in [-0.2, 0) is 4.79 Å². The lowest BCUT2D eigenvalue weighted by atomic mass is 10.2. The summed E-state index contributed by atoms with van der Waals surface area (Å²) in [6.07, 6.45) is 1.43. The van der Waals surface area contributed by atoms with Crippen molar-refractivity contribution >= 4 is 23.4 Å². The number of rotatable bonds is 5. The van der Waals surface area contributed by atoms with Crippen molar-refractivity contribution in [2.24, 2.45) is 0 Å². The SMILES string of the molecule is CSc1ccccc1NC(=O)[C@H](C)Oc1ccc(C)cc1. The molecule has 0 unspecified atom stereocenters. The fraction of sp³-hybridized carbons (Fsp3) is 0.235. The average molecular weight is 301 g/mol. The van der Waals surface area contributed by atoms with E-state index in [4.69, 9.17) is 4.74 Å². The number of nitrogens with one attached hydrogen (secondary N) is 1. The van der Waals surface area contributed by atoms with Crippen molar-refractivity contribution in [2.75, 3.05) is 11.6 Å². The second kappa shape index (κ2) is 7.18. The summed E-state index contributed by atoms with van der Waals surface area (Å²) in [7, 11) is 0. The summed E-state index contributed by atoms with van der Waals surface area (Å²) in [5.41, 5.74) is 1.97. The van der Waals surface area contributed by atoms with Crippen LogP contribution >= 0.6 is 11.8 Å². The molecule has 0 bridgehead atoms. The number of amides is 1. The normalized spacial score (nSPS) is 11.8. The zero-order valence-electron chi connectivity index (χ0n) is 12.4. The van der Waals surface area contributed by atoms with Gasteiger partial charge in [-0.1, -0.05) is 29.8 Å². The number of thioether (sulfide) groups is 1. The molecule has 1 amide bonds. The third-order valence-corrected chi connectivity index (χ3v) is 3.86. The zero-order chi connectivity index (χ0) is 15.2. The van der Waals surface area contributed by atoms with Crippen molar-refractivity contribution in [1.29, 1.82) is 0 Å². The zero-order valence-corrected chi connectivity index (χ0v) is 13.2. The largest absolute Gasteiger partial charge is 0.481 e. The Hall–Kier alpha value is -1.94. The van der Waals surface area contributed by atoms with Crippen molar-refractivity contribution in [3.05, 3.63) is 54.1 Å². The quantitative estimate of drug-likeness (QED) is 0.844. The molecule has 2 aromatic carbocycles. The van der Waals surface area contributed by atoms with Gasteiger partial charge in [0.15, 0.2) is 6.10 Å². The highest BCUT2D eigenvalue weighted by atomic mass is 32.2. The van der Waals surface area contributed by atoms with E-state index < -0.39 is 6.10 Å². The van der Waals surface area contributed by atoms with Gasteiger partial charge in [-0.3, -0.25) is 4.79 Å². The molecular formula is C17H19NO2S. The van der Waals surface area contributed by atoms with E-state index in [0.717, 1.165) is 16.1 Å². The van der Waals surface area contributed by atoms with Crippen LogP contribution < -0.4 is 10.1 Å². The van der Waals surface area contributed by atoms with Gasteiger partial charge >= 0.3 is 0 Å². The topological polar surface area (TPSA) is 38.3 Å². The molecule has 2 rings (SSSR count). The van der Waals surface area contributed by atoms with Gasteiger partial charge in [0.25, 0.3) is 5.91 Å². The fourth-order valence-corrected chi connectivity index (χ4v) is 2.41. The summed E-state index contributed by atoms with van der Waals surface area (Å²) in [6.45, 7) is 3.76. The lowest BCUT2D eigenvalue weighted by Gasteiger charge is -2.16. The molecule has 0 saturated heterocycles. The smallest absolute Gasteiger partial charge is 0.265 e. The van der Waals surface area contributed by atoms with Gasteiger partial charge in [0, 0.05) is 4.90 Å². The van der Waals surface area contributed by atoms with Crippen LogP contribution in [0.2, 0.25) is 0 Å². The molecule has 1 atom stereocenters. The maximum absolute atomic E-state index is 12.2. The van der Waals surface area contributed by atoms with Crippen LogP contribution in [0.1, 0.15) is 12.5 Å². The highest BCUT2D eigenvalue weighted by Crippen LogP contribution is 2.25. The first-order valence-corrected chi connectivity index (χ1v) is 8.00. The van der Waals surface area contributed by atoms with Gasteiger partial charge in [-0.2, -0.15) is 0 Å². The molecule has 4 heteroatoms. The van der Waals surface area contributed by atoms with Crippen molar-refractivity contribution in [3.8, 4) is 5.75 Å². The lowest BCUT2D eigenvalue weighted by Crippen LogP contribution is -2.30. The number of ether oxygens (including phenoxy) is 1. The first-order valence-electron chi connectivity index (χ1n) is 6.77. The van der Waals surface area contributed by atoms with E-state index in [1.165, 1.54) is 0 Å². The summed E-state index contributed by atoms with van der Waals surface area (Å²) in [4.78, 5) is 13.2. The molecule has 0 saturated carbocycles. The monoisotopic (exact) mass is 301 g/mol. The Morgan fingerprint density at radius 1 is 1.14 bits per heavy atom. The van der Waals surface area contributed by atoms with E-state index >= 15 is 0 Å². The molecule has 0 aromatic heterocycles. The third kappa shape index (κ3) is 4.26. The molecule has 0 radical (unpaired) electrons. The van der Waals surface area contributed by atoms with Crippen LogP contribution in [0, 0.1) is 6.92 Å². The average Bonchev–Trinajstić information content (AvgIpc) is 2.50. The van der Waals surface area contributed by atoms with Gasteiger partial charge in [-0.15, -0.1) is 11.8 Å². The molecule has 0 fully saturated rings. The minimum atomic E-state index is -0.553. The van der Waals surface area contributed by atoms with Crippen LogP contribution in [0.15, 0.2) is 53.4 Å². The summed E-state index contributed by atoms with van der Waals surface area (Å²) < 4.78 is 5.66. The molecule has 0 aliphatic rings. The van der Waals surface area contributed by atoms with Crippen LogP contribution in [0.5, 0.6) is 5.75 Å². The van der Waals surface area contributed by atoms with E-state index in [-0.39, 0.29) is 5.91 Å². The molecule has 1 N–H and O–H groups in total. The Bertz CT molecular complexity index is 610. The van der Waals surface area contributed by atoms with Gasteiger partial charge in [0.1, 0.15) is 5.75 Å². The van der Waals surface area contributed by atoms with Gasteiger partial charge in [0.2, 0.25) is 0 Å². The van der Waals surface area contributed by atoms with E-state index in [1.54, 1.807) is 18.7 Å². The van der Waals surface area contributed by atoms with Crippen molar-refractivity contribution in [1.82, 2.24) is 0 Å². The second-order valence-corrected chi connectivity index (χ2v) is 5.61. The number of aryl methyl sites for hydroxylation is 1. The molecule has 0 aliphatic carbocycles. The van der Waals surface area contributed by atoms with Crippen molar-refractivity contribution < 1.29 is 9.53 Å².